The minimum Gasteiger partial charge on any atom is -0.368 e. The van der Waals surface area contributed by atoms with Gasteiger partial charge in [0.15, 0.2) is 14.9 Å². The fraction of sp³-hybridized carbons (Fsp3) is 0.500. The van der Waals surface area contributed by atoms with Crippen molar-refractivity contribution in [1.82, 2.24) is 9.97 Å². The maximum Gasteiger partial charge on any atom is 0.221 e. The lowest BCUT2D eigenvalue weighted by Crippen LogP contribution is -2.15. The number of nitrogens with two attached hydrogens (primary N) is 1. The average molecular weight is 245 g/mol. The molecule has 0 saturated carbocycles. The van der Waals surface area contributed by atoms with Crippen molar-refractivity contribution in [3.8, 4) is 0 Å². The third-order valence-electron chi connectivity index (χ3n) is 2.15. The van der Waals surface area contributed by atoms with Crippen LogP contribution in [0.15, 0.2) is 5.03 Å². The largest absolute Gasteiger partial charge is 0.368 e. The molecule has 0 bridgehead atoms. The third-order valence-corrected chi connectivity index (χ3v) is 4.18. The van der Waals surface area contributed by atoms with Crippen LogP contribution in [0.4, 0.5) is 5.95 Å². The number of nitrogens with zero attached hydrogens (tertiary/aromatic N) is 2. The third kappa shape index (κ3) is 2.07. The molecule has 1 aromatic heterocycles. The van der Waals surface area contributed by atoms with Gasteiger partial charge in [0.05, 0.1) is 5.69 Å². The van der Waals surface area contributed by atoms with Gasteiger partial charge in [-0.2, -0.15) is 11.8 Å². The maximum atomic E-state index is 11.5. The first-order chi connectivity index (χ1) is 6.98. The van der Waals surface area contributed by atoms with E-state index in [2.05, 4.69) is 9.97 Å². The molecule has 0 saturated heterocycles. The summed E-state index contributed by atoms with van der Waals surface area (Å²) in [7, 11) is -3.31. The van der Waals surface area contributed by atoms with Gasteiger partial charge in [-0.3, -0.25) is 0 Å². The zero-order valence-electron chi connectivity index (χ0n) is 8.23. The summed E-state index contributed by atoms with van der Waals surface area (Å²) >= 11 is 1.69. The van der Waals surface area contributed by atoms with E-state index in [4.69, 9.17) is 5.73 Å². The summed E-state index contributed by atoms with van der Waals surface area (Å²) in [6.07, 6.45) is 1.91. The van der Waals surface area contributed by atoms with Crippen LogP contribution in [0.5, 0.6) is 0 Å². The van der Waals surface area contributed by atoms with Crippen molar-refractivity contribution in [3.05, 3.63) is 11.3 Å². The van der Waals surface area contributed by atoms with E-state index in [0.717, 1.165) is 29.7 Å². The van der Waals surface area contributed by atoms with Crippen LogP contribution in [0.25, 0.3) is 0 Å². The number of anilines is 1. The number of thioether (sulfide) groups is 1. The number of aryl methyl sites for hydroxylation is 1. The minimum absolute atomic E-state index is 0.0427. The molecule has 0 radical (unpaired) electrons. The van der Waals surface area contributed by atoms with Gasteiger partial charge in [-0.15, -0.1) is 0 Å². The van der Waals surface area contributed by atoms with Gasteiger partial charge in [-0.05, 0) is 12.2 Å². The fourth-order valence-electron chi connectivity index (χ4n) is 1.53. The minimum atomic E-state index is -3.31. The highest BCUT2D eigenvalue weighted by Gasteiger charge is 2.23. The van der Waals surface area contributed by atoms with Crippen LogP contribution in [0, 0.1) is 0 Å². The Hall–Kier alpha value is -0.820. The first-order valence-electron chi connectivity index (χ1n) is 4.41. The Labute approximate surface area is 92.4 Å². The van der Waals surface area contributed by atoms with Gasteiger partial charge in [-0.1, -0.05) is 0 Å². The van der Waals surface area contributed by atoms with Crippen LogP contribution >= 0.6 is 11.8 Å². The van der Waals surface area contributed by atoms with E-state index < -0.39 is 9.84 Å². The summed E-state index contributed by atoms with van der Waals surface area (Å²) < 4.78 is 23.0. The van der Waals surface area contributed by atoms with E-state index in [9.17, 15) is 8.42 Å². The van der Waals surface area contributed by atoms with Crippen LogP contribution in [0.1, 0.15) is 11.3 Å². The van der Waals surface area contributed by atoms with Gasteiger partial charge in [0.25, 0.3) is 0 Å². The monoisotopic (exact) mass is 245 g/mol. The highest BCUT2D eigenvalue weighted by molar-refractivity contribution is 7.98. The fourth-order valence-corrected chi connectivity index (χ4v) is 3.51. The average Bonchev–Trinajstić information content (AvgIpc) is 2.15. The Morgan fingerprint density at radius 3 is 2.80 bits per heavy atom. The van der Waals surface area contributed by atoms with Crippen LogP contribution in [0.3, 0.4) is 0 Å². The van der Waals surface area contributed by atoms with Crippen molar-refractivity contribution in [2.75, 3.05) is 17.7 Å². The topological polar surface area (TPSA) is 85.9 Å². The summed E-state index contributed by atoms with van der Waals surface area (Å²) in [4.78, 5) is 7.90. The molecule has 0 fully saturated rings. The Balaban J connectivity index is 2.68. The molecule has 0 amide bonds. The molecular weight excluding hydrogens is 234 g/mol. The van der Waals surface area contributed by atoms with E-state index in [1.807, 2.05) is 0 Å². The lowest BCUT2D eigenvalue weighted by Gasteiger charge is -2.16. The lowest BCUT2D eigenvalue weighted by molar-refractivity contribution is 0.596. The van der Waals surface area contributed by atoms with Crippen LogP contribution < -0.4 is 5.73 Å². The molecule has 7 heteroatoms. The molecular formula is C8H11N3O2S2. The van der Waals surface area contributed by atoms with Gasteiger partial charge in [-0.25, -0.2) is 18.4 Å². The molecule has 0 aliphatic carbocycles. The highest BCUT2D eigenvalue weighted by Crippen LogP contribution is 2.28. The number of sulfone groups is 1. The van der Waals surface area contributed by atoms with Gasteiger partial charge in [0.1, 0.15) is 0 Å². The van der Waals surface area contributed by atoms with Gasteiger partial charge in [0, 0.05) is 17.6 Å². The molecule has 2 heterocycles. The van der Waals surface area contributed by atoms with E-state index in [1.165, 1.54) is 0 Å². The quantitative estimate of drug-likeness (QED) is 0.714. The first kappa shape index (κ1) is 10.7. The summed E-state index contributed by atoms with van der Waals surface area (Å²) in [5, 5.41) is 0.0946. The molecule has 1 aliphatic heterocycles. The second-order valence-corrected chi connectivity index (χ2v) is 6.42. The number of hydrogen-bond donors (Lipinski definition) is 1. The molecule has 15 heavy (non-hydrogen) atoms. The van der Waals surface area contributed by atoms with Crippen LogP contribution in [0.2, 0.25) is 0 Å². The number of fused-ring (bicyclic) bond motifs is 1. The van der Waals surface area contributed by atoms with Crippen molar-refractivity contribution >= 4 is 27.5 Å². The van der Waals surface area contributed by atoms with Crippen molar-refractivity contribution in [2.24, 2.45) is 0 Å². The molecule has 0 spiro atoms. The molecule has 2 N–H and O–H groups in total. The van der Waals surface area contributed by atoms with Gasteiger partial charge in [0.2, 0.25) is 5.95 Å². The Bertz CT molecular complexity index is 499. The van der Waals surface area contributed by atoms with Crippen molar-refractivity contribution in [3.63, 3.8) is 0 Å². The SMILES string of the molecule is CS(=O)(=O)c1nc(N)nc2c1CSCC2. The van der Waals surface area contributed by atoms with Gasteiger partial charge < -0.3 is 5.73 Å². The van der Waals surface area contributed by atoms with E-state index in [-0.39, 0.29) is 11.0 Å². The highest BCUT2D eigenvalue weighted by atomic mass is 32.2. The second kappa shape index (κ2) is 3.64. The maximum absolute atomic E-state index is 11.5. The van der Waals surface area contributed by atoms with E-state index in [0.29, 0.717) is 5.75 Å². The Kier molecular flexibility index (Phi) is 2.59. The van der Waals surface area contributed by atoms with Crippen LogP contribution in [-0.2, 0) is 22.0 Å². The normalized spacial score (nSPS) is 16.1. The number of hydrogen-bond acceptors (Lipinski definition) is 6. The van der Waals surface area contributed by atoms with Crippen molar-refractivity contribution in [2.45, 2.75) is 17.2 Å². The Morgan fingerprint density at radius 2 is 2.13 bits per heavy atom. The lowest BCUT2D eigenvalue weighted by atomic mass is 10.2. The number of nitrogen functional groups attached to an aromatic ring is 1. The summed E-state index contributed by atoms with van der Waals surface area (Å²) in [6, 6.07) is 0. The van der Waals surface area contributed by atoms with Gasteiger partial charge >= 0.3 is 0 Å². The number of aromatic nitrogens is 2. The van der Waals surface area contributed by atoms with E-state index >= 15 is 0 Å². The molecule has 1 aromatic rings. The standard InChI is InChI=1S/C8H11N3O2S2/c1-15(12,13)7-5-4-14-3-2-6(5)10-8(9)11-7/h2-4H2,1H3,(H2,9,10,11). The zero-order chi connectivity index (χ0) is 11.1. The van der Waals surface area contributed by atoms with Crippen molar-refractivity contribution in [1.29, 1.82) is 0 Å². The molecule has 0 atom stereocenters. The number of rotatable bonds is 1. The van der Waals surface area contributed by atoms with Crippen molar-refractivity contribution < 1.29 is 8.42 Å². The predicted molar refractivity (Wildman–Crippen MR) is 59.4 cm³/mol. The summed E-state index contributed by atoms with van der Waals surface area (Å²) in [6.45, 7) is 0. The Morgan fingerprint density at radius 1 is 1.40 bits per heavy atom. The smallest absolute Gasteiger partial charge is 0.221 e. The summed E-state index contributed by atoms with van der Waals surface area (Å²) in [5.74, 6) is 1.64. The molecule has 0 aromatic carbocycles. The first-order valence-corrected chi connectivity index (χ1v) is 7.46. The predicted octanol–water partition coefficient (Wildman–Crippen LogP) is 0.252. The molecule has 0 unspecified atom stereocenters. The van der Waals surface area contributed by atoms with Crippen LogP contribution in [-0.4, -0.2) is 30.4 Å². The molecule has 82 valence electrons. The molecule has 5 nitrogen and oxygen atoms in total. The molecule has 1 aliphatic rings. The summed E-state index contributed by atoms with van der Waals surface area (Å²) in [5.41, 5.74) is 6.99. The molecule has 2 rings (SSSR count). The van der Waals surface area contributed by atoms with E-state index in [1.54, 1.807) is 11.8 Å². The second-order valence-electron chi connectivity index (χ2n) is 3.39. The zero-order valence-corrected chi connectivity index (χ0v) is 9.86.